The second-order valence-corrected chi connectivity index (χ2v) is 7.33. The van der Waals surface area contributed by atoms with Crippen molar-refractivity contribution >= 4 is 28.1 Å². The van der Waals surface area contributed by atoms with E-state index in [2.05, 4.69) is 31.6 Å². The Morgan fingerprint density at radius 1 is 1.09 bits per heavy atom. The van der Waals surface area contributed by atoms with Gasteiger partial charge in [-0.05, 0) is 30.3 Å². The van der Waals surface area contributed by atoms with Crippen molar-refractivity contribution < 1.29 is 17.9 Å². The molecule has 4 rings (SSSR count). The summed E-state index contributed by atoms with van der Waals surface area (Å²) in [5.41, 5.74) is 1.01. The maximum absolute atomic E-state index is 12.8. The first-order valence-corrected chi connectivity index (χ1v) is 10.1. The van der Waals surface area contributed by atoms with Crippen molar-refractivity contribution in [3.63, 3.8) is 0 Å². The number of fused-ring (bicyclic) bond motifs is 1. The first-order chi connectivity index (χ1) is 15.4. The smallest absolute Gasteiger partial charge is 0.379 e. The van der Waals surface area contributed by atoms with E-state index in [1.807, 2.05) is 0 Å². The second kappa shape index (κ2) is 9.38. The number of anilines is 3. The number of nitrogens with zero attached hydrogens (tertiary/aromatic N) is 4. The van der Waals surface area contributed by atoms with Gasteiger partial charge in [0.15, 0.2) is 0 Å². The average Bonchev–Trinajstić information content (AvgIpc) is 2.80. The van der Waals surface area contributed by atoms with Crippen LogP contribution in [0.25, 0.3) is 10.9 Å². The molecule has 2 aromatic heterocycles. The van der Waals surface area contributed by atoms with Crippen LogP contribution in [0.15, 0.2) is 42.7 Å². The molecule has 3 heterocycles. The van der Waals surface area contributed by atoms with Crippen molar-refractivity contribution in [2.45, 2.75) is 6.18 Å². The monoisotopic (exact) mass is 442 g/mol. The third-order valence-electron chi connectivity index (χ3n) is 5.19. The molecule has 0 aliphatic carbocycles. The Morgan fingerprint density at radius 2 is 1.84 bits per heavy atom. The van der Waals surface area contributed by atoms with Gasteiger partial charge in [0.1, 0.15) is 11.9 Å². The van der Waals surface area contributed by atoms with Crippen LogP contribution in [0.1, 0.15) is 11.1 Å². The number of nitriles is 1. The van der Waals surface area contributed by atoms with E-state index in [-0.39, 0.29) is 5.56 Å². The number of ether oxygens (including phenoxy) is 1. The Labute approximate surface area is 182 Å². The van der Waals surface area contributed by atoms with Crippen LogP contribution >= 0.6 is 0 Å². The Hall–Kier alpha value is -3.42. The molecule has 1 fully saturated rings. The summed E-state index contributed by atoms with van der Waals surface area (Å²) in [6.07, 6.45) is -1.39. The van der Waals surface area contributed by atoms with E-state index >= 15 is 0 Å². The molecule has 0 radical (unpaired) electrons. The SMILES string of the molecule is N#Cc1cnc2cnc(NCCN3CCOCC3)cc2c1Nc1ccc(C(F)(F)F)cc1. The quantitative estimate of drug-likeness (QED) is 0.597. The molecule has 166 valence electrons. The number of hydrogen-bond donors (Lipinski definition) is 2. The van der Waals surface area contributed by atoms with Crippen LogP contribution in [-0.4, -0.2) is 54.3 Å². The third kappa shape index (κ3) is 5.07. The maximum atomic E-state index is 12.8. The van der Waals surface area contributed by atoms with Gasteiger partial charge in [-0.2, -0.15) is 18.4 Å². The van der Waals surface area contributed by atoms with Crippen LogP contribution in [0.4, 0.5) is 30.4 Å². The molecule has 0 bridgehead atoms. The summed E-state index contributed by atoms with van der Waals surface area (Å²) in [6, 6.07) is 8.53. The summed E-state index contributed by atoms with van der Waals surface area (Å²) in [4.78, 5) is 10.9. The van der Waals surface area contributed by atoms with Crippen molar-refractivity contribution in [3.8, 4) is 6.07 Å². The van der Waals surface area contributed by atoms with Gasteiger partial charge in [-0.15, -0.1) is 0 Å². The number of rotatable bonds is 6. The van der Waals surface area contributed by atoms with E-state index in [9.17, 15) is 18.4 Å². The zero-order valence-corrected chi connectivity index (χ0v) is 17.1. The highest BCUT2D eigenvalue weighted by Gasteiger charge is 2.30. The molecule has 7 nitrogen and oxygen atoms in total. The highest BCUT2D eigenvalue weighted by atomic mass is 19.4. The summed E-state index contributed by atoms with van der Waals surface area (Å²) < 4.78 is 43.9. The summed E-state index contributed by atoms with van der Waals surface area (Å²) in [5.74, 6) is 0.623. The van der Waals surface area contributed by atoms with Gasteiger partial charge in [-0.25, -0.2) is 4.98 Å². The molecule has 1 aromatic carbocycles. The predicted octanol–water partition coefficient (Wildman–Crippen LogP) is 4.01. The van der Waals surface area contributed by atoms with Crippen molar-refractivity contribution in [1.29, 1.82) is 5.26 Å². The number of nitrogens with one attached hydrogen (secondary N) is 2. The minimum Gasteiger partial charge on any atom is -0.379 e. The number of alkyl halides is 3. The van der Waals surface area contributed by atoms with Crippen molar-refractivity contribution in [3.05, 3.63) is 53.9 Å². The number of pyridine rings is 2. The normalized spacial score (nSPS) is 14.8. The van der Waals surface area contributed by atoms with Gasteiger partial charge < -0.3 is 15.4 Å². The number of benzene rings is 1. The molecule has 10 heteroatoms. The van der Waals surface area contributed by atoms with Crippen LogP contribution < -0.4 is 10.6 Å². The summed E-state index contributed by atoms with van der Waals surface area (Å²) in [5, 5.41) is 16.5. The number of halogens is 3. The lowest BCUT2D eigenvalue weighted by Crippen LogP contribution is -2.39. The fraction of sp³-hybridized carbons (Fsp3) is 0.318. The van der Waals surface area contributed by atoms with Crippen molar-refractivity contribution in [2.75, 3.05) is 50.0 Å². The lowest BCUT2D eigenvalue weighted by atomic mass is 10.1. The minimum atomic E-state index is -4.41. The summed E-state index contributed by atoms with van der Waals surface area (Å²) >= 11 is 0. The van der Waals surface area contributed by atoms with Crippen LogP contribution in [-0.2, 0) is 10.9 Å². The molecular weight excluding hydrogens is 421 g/mol. The van der Waals surface area contributed by atoms with Gasteiger partial charge in [-0.1, -0.05) is 0 Å². The Bertz CT molecular complexity index is 1120. The van der Waals surface area contributed by atoms with E-state index in [1.54, 1.807) is 12.3 Å². The Morgan fingerprint density at radius 3 is 2.53 bits per heavy atom. The van der Waals surface area contributed by atoms with Crippen molar-refractivity contribution in [1.82, 2.24) is 14.9 Å². The molecule has 0 amide bonds. The van der Waals surface area contributed by atoms with Crippen LogP contribution in [0.3, 0.4) is 0 Å². The zero-order valence-electron chi connectivity index (χ0n) is 17.1. The lowest BCUT2D eigenvalue weighted by molar-refractivity contribution is -0.137. The number of hydrogen-bond acceptors (Lipinski definition) is 7. The van der Waals surface area contributed by atoms with E-state index in [4.69, 9.17) is 4.74 Å². The molecule has 3 aromatic rings. The molecule has 0 atom stereocenters. The Balaban J connectivity index is 1.56. The molecule has 1 aliphatic heterocycles. The van der Waals surface area contributed by atoms with Gasteiger partial charge in [0.05, 0.1) is 41.7 Å². The molecule has 0 spiro atoms. The second-order valence-electron chi connectivity index (χ2n) is 7.33. The topological polar surface area (TPSA) is 86.1 Å². The van der Waals surface area contributed by atoms with Crippen molar-refractivity contribution in [2.24, 2.45) is 0 Å². The summed E-state index contributed by atoms with van der Waals surface area (Å²) in [7, 11) is 0. The van der Waals surface area contributed by atoms with E-state index in [1.165, 1.54) is 18.3 Å². The van der Waals surface area contributed by atoms with Crippen LogP contribution in [0, 0.1) is 11.3 Å². The van der Waals surface area contributed by atoms with E-state index < -0.39 is 11.7 Å². The molecular formula is C22H21F3N6O. The standard InChI is InChI=1S/C22H21F3N6O/c23-22(24,25)16-1-3-17(4-2-16)30-21-15(12-26)13-28-19-14-29-20(11-18(19)21)27-5-6-31-7-9-32-10-8-31/h1-4,11,13-14H,5-10H2,(H,27,29)(H,28,30). The van der Waals surface area contributed by atoms with Gasteiger partial charge in [0.2, 0.25) is 0 Å². The largest absolute Gasteiger partial charge is 0.416 e. The fourth-order valence-corrected chi connectivity index (χ4v) is 3.46. The van der Waals surface area contributed by atoms with Gasteiger partial charge in [-0.3, -0.25) is 9.88 Å². The van der Waals surface area contributed by atoms with Gasteiger partial charge in [0, 0.05) is 43.4 Å². The third-order valence-corrected chi connectivity index (χ3v) is 5.19. The maximum Gasteiger partial charge on any atom is 0.416 e. The first-order valence-electron chi connectivity index (χ1n) is 10.1. The average molecular weight is 442 g/mol. The molecule has 2 N–H and O–H groups in total. The van der Waals surface area contributed by atoms with Crippen LogP contribution in [0.2, 0.25) is 0 Å². The first kappa shape index (κ1) is 21.8. The molecule has 1 saturated heterocycles. The highest BCUT2D eigenvalue weighted by molar-refractivity contribution is 5.96. The fourth-order valence-electron chi connectivity index (χ4n) is 3.46. The Kier molecular flexibility index (Phi) is 6.39. The molecule has 32 heavy (non-hydrogen) atoms. The number of morpholine rings is 1. The molecule has 0 unspecified atom stereocenters. The van der Waals surface area contributed by atoms with Crippen LogP contribution in [0.5, 0.6) is 0 Å². The molecule has 0 saturated carbocycles. The van der Waals surface area contributed by atoms with E-state index in [0.717, 1.165) is 45.0 Å². The highest BCUT2D eigenvalue weighted by Crippen LogP contribution is 2.33. The molecule has 1 aliphatic rings. The zero-order chi connectivity index (χ0) is 22.6. The summed E-state index contributed by atoms with van der Waals surface area (Å²) in [6.45, 7) is 4.78. The van der Waals surface area contributed by atoms with E-state index in [0.29, 0.717) is 34.6 Å². The predicted molar refractivity (Wildman–Crippen MR) is 115 cm³/mol. The van der Waals surface area contributed by atoms with Gasteiger partial charge >= 0.3 is 6.18 Å². The number of aromatic nitrogens is 2. The minimum absolute atomic E-state index is 0.280. The van der Waals surface area contributed by atoms with Gasteiger partial charge in [0.25, 0.3) is 0 Å². The lowest BCUT2D eigenvalue weighted by Gasteiger charge is -2.26.